The molecule has 0 spiro atoms. The van der Waals surface area contributed by atoms with Crippen LogP contribution in [0.25, 0.3) is 11.3 Å². The molecule has 1 fully saturated rings. The molecule has 0 radical (unpaired) electrons. The van der Waals surface area contributed by atoms with Crippen molar-refractivity contribution in [2.75, 3.05) is 6.61 Å². The molecular formula is C20H23F4N3O. The molecule has 2 aromatic rings. The number of aromatic nitrogens is 2. The first-order valence-corrected chi connectivity index (χ1v) is 9.14. The summed E-state index contributed by atoms with van der Waals surface area (Å²) in [6.45, 7) is 4.07. The van der Waals surface area contributed by atoms with E-state index in [-0.39, 0.29) is 29.5 Å². The minimum absolute atomic E-state index is 0.0504. The quantitative estimate of drug-likeness (QED) is 0.656. The van der Waals surface area contributed by atoms with E-state index < -0.39 is 29.8 Å². The molecule has 2 N–H and O–H groups in total. The van der Waals surface area contributed by atoms with E-state index in [1.54, 1.807) is 0 Å². The first-order chi connectivity index (χ1) is 13.2. The van der Waals surface area contributed by atoms with Crippen LogP contribution in [0.1, 0.15) is 50.9 Å². The van der Waals surface area contributed by atoms with E-state index in [1.165, 1.54) is 24.4 Å². The molecule has 3 rings (SSSR count). The molecule has 0 amide bonds. The number of nitrogens with two attached hydrogens (primary N) is 1. The van der Waals surface area contributed by atoms with Crippen molar-refractivity contribution in [3.8, 4) is 17.0 Å². The van der Waals surface area contributed by atoms with Crippen LogP contribution < -0.4 is 10.5 Å². The third-order valence-corrected chi connectivity index (χ3v) is 5.40. The van der Waals surface area contributed by atoms with Crippen molar-refractivity contribution < 1.29 is 22.3 Å². The Bertz CT molecular complexity index is 829. The fraction of sp³-hybridized carbons (Fsp3) is 0.500. The zero-order valence-corrected chi connectivity index (χ0v) is 15.7. The maximum atomic E-state index is 13.5. The van der Waals surface area contributed by atoms with Gasteiger partial charge in [0.25, 0.3) is 12.9 Å². The lowest BCUT2D eigenvalue weighted by atomic mass is 9.65. The summed E-state index contributed by atoms with van der Waals surface area (Å²) in [6, 6.07) is 5.43. The van der Waals surface area contributed by atoms with E-state index >= 15 is 0 Å². The molecule has 8 heteroatoms. The standard InChI is InChI=1S/C20H23F4N3O/c1-11-3-4-13(11)20(2,25)10-28-16-6-5-14(27-17(16)19(23)24)12-7-8-26-15(9-12)18(21)22/h5-9,11,13,18-19H,3-4,10,25H2,1-2H3/t11?,13?,20-/m1/s1. The lowest BCUT2D eigenvalue weighted by Gasteiger charge is -2.45. The van der Waals surface area contributed by atoms with Crippen LogP contribution >= 0.6 is 0 Å². The van der Waals surface area contributed by atoms with Gasteiger partial charge in [-0.3, -0.25) is 4.98 Å². The van der Waals surface area contributed by atoms with Gasteiger partial charge in [0.2, 0.25) is 0 Å². The van der Waals surface area contributed by atoms with Gasteiger partial charge < -0.3 is 10.5 Å². The molecule has 0 aromatic carbocycles. The number of ether oxygens (including phenoxy) is 1. The van der Waals surface area contributed by atoms with Gasteiger partial charge in [-0.2, -0.15) is 0 Å². The summed E-state index contributed by atoms with van der Waals surface area (Å²) >= 11 is 0. The maximum Gasteiger partial charge on any atom is 0.284 e. The fourth-order valence-corrected chi connectivity index (χ4v) is 3.61. The predicted octanol–water partition coefficient (Wildman–Crippen LogP) is 5.16. The Balaban J connectivity index is 1.82. The van der Waals surface area contributed by atoms with Crippen molar-refractivity contribution in [2.24, 2.45) is 17.6 Å². The van der Waals surface area contributed by atoms with Gasteiger partial charge in [0.1, 0.15) is 23.7 Å². The summed E-state index contributed by atoms with van der Waals surface area (Å²) in [5.41, 5.74) is 5.17. The molecule has 152 valence electrons. The van der Waals surface area contributed by atoms with E-state index in [9.17, 15) is 17.6 Å². The fourth-order valence-electron chi connectivity index (χ4n) is 3.61. The summed E-state index contributed by atoms with van der Waals surface area (Å²) in [7, 11) is 0. The van der Waals surface area contributed by atoms with E-state index in [0.29, 0.717) is 5.92 Å². The predicted molar refractivity (Wildman–Crippen MR) is 97.4 cm³/mol. The number of nitrogens with zero attached hydrogens (tertiary/aromatic N) is 2. The number of alkyl halides is 4. The molecule has 2 aromatic heterocycles. The average molecular weight is 397 g/mol. The molecule has 0 aliphatic heterocycles. The normalized spacial score (nSPS) is 21.5. The molecule has 1 aliphatic rings. The van der Waals surface area contributed by atoms with Crippen molar-refractivity contribution >= 4 is 0 Å². The topological polar surface area (TPSA) is 61.0 Å². The number of hydrogen-bond acceptors (Lipinski definition) is 4. The lowest BCUT2D eigenvalue weighted by molar-refractivity contribution is 0.0622. The summed E-state index contributed by atoms with van der Waals surface area (Å²) in [6.07, 6.45) is -2.34. The smallest absolute Gasteiger partial charge is 0.284 e. The van der Waals surface area contributed by atoms with E-state index in [0.717, 1.165) is 18.9 Å². The molecule has 2 unspecified atom stereocenters. The van der Waals surface area contributed by atoms with E-state index in [4.69, 9.17) is 10.5 Å². The molecule has 3 atom stereocenters. The number of hydrogen-bond donors (Lipinski definition) is 1. The van der Waals surface area contributed by atoms with Crippen LogP contribution in [0.15, 0.2) is 30.5 Å². The van der Waals surface area contributed by atoms with Gasteiger partial charge in [0.05, 0.1) is 11.2 Å². The Hall–Kier alpha value is -2.22. The average Bonchev–Trinajstić information content (AvgIpc) is 2.64. The van der Waals surface area contributed by atoms with Crippen LogP contribution in [0.2, 0.25) is 0 Å². The molecule has 28 heavy (non-hydrogen) atoms. The van der Waals surface area contributed by atoms with Gasteiger partial charge in [-0.05, 0) is 49.4 Å². The van der Waals surface area contributed by atoms with Crippen molar-refractivity contribution in [1.29, 1.82) is 0 Å². The number of halogens is 4. The van der Waals surface area contributed by atoms with E-state index in [2.05, 4.69) is 16.9 Å². The van der Waals surface area contributed by atoms with Crippen LogP contribution in [0.5, 0.6) is 5.75 Å². The highest BCUT2D eigenvalue weighted by molar-refractivity contribution is 5.60. The van der Waals surface area contributed by atoms with Crippen LogP contribution in [0.4, 0.5) is 17.6 Å². The van der Waals surface area contributed by atoms with Crippen LogP contribution in [0.3, 0.4) is 0 Å². The minimum atomic E-state index is -2.88. The van der Waals surface area contributed by atoms with Crippen LogP contribution in [0, 0.1) is 11.8 Å². The second-order valence-electron chi connectivity index (χ2n) is 7.61. The second-order valence-corrected chi connectivity index (χ2v) is 7.61. The Kier molecular flexibility index (Phi) is 5.88. The monoisotopic (exact) mass is 397 g/mol. The van der Waals surface area contributed by atoms with E-state index in [1.807, 2.05) is 6.92 Å². The third kappa shape index (κ3) is 4.27. The highest BCUT2D eigenvalue weighted by Gasteiger charge is 2.40. The van der Waals surface area contributed by atoms with Gasteiger partial charge in [0, 0.05) is 11.8 Å². The second kappa shape index (κ2) is 8.03. The van der Waals surface area contributed by atoms with Crippen molar-refractivity contribution in [2.45, 2.75) is 45.1 Å². The first kappa shape index (κ1) is 20.5. The summed E-state index contributed by atoms with van der Waals surface area (Å²) in [5.74, 6) is 0.703. The minimum Gasteiger partial charge on any atom is -0.490 e. The highest BCUT2D eigenvalue weighted by Crippen LogP contribution is 2.41. The Morgan fingerprint density at radius 3 is 2.50 bits per heavy atom. The molecule has 4 nitrogen and oxygen atoms in total. The van der Waals surface area contributed by atoms with Gasteiger partial charge >= 0.3 is 0 Å². The Morgan fingerprint density at radius 2 is 1.93 bits per heavy atom. The van der Waals surface area contributed by atoms with Crippen LogP contribution in [-0.4, -0.2) is 22.1 Å². The Labute approximate surface area is 161 Å². The van der Waals surface area contributed by atoms with Gasteiger partial charge in [-0.1, -0.05) is 13.3 Å². The molecule has 2 heterocycles. The largest absolute Gasteiger partial charge is 0.490 e. The summed E-state index contributed by atoms with van der Waals surface area (Å²) in [5, 5.41) is 0. The molecule has 1 aliphatic carbocycles. The van der Waals surface area contributed by atoms with Crippen molar-refractivity contribution in [3.63, 3.8) is 0 Å². The number of pyridine rings is 2. The molecule has 1 saturated carbocycles. The van der Waals surface area contributed by atoms with Gasteiger partial charge in [-0.25, -0.2) is 22.5 Å². The van der Waals surface area contributed by atoms with Gasteiger partial charge in [-0.15, -0.1) is 0 Å². The molecule has 0 saturated heterocycles. The first-order valence-electron chi connectivity index (χ1n) is 9.14. The molecule has 0 bridgehead atoms. The summed E-state index contributed by atoms with van der Waals surface area (Å²) < 4.78 is 58.4. The summed E-state index contributed by atoms with van der Waals surface area (Å²) in [4.78, 5) is 7.52. The maximum absolute atomic E-state index is 13.5. The zero-order chi connectivity index (χ0) is 20.5. The van der Waals surface area contributed by atoms with Crippen molar-refractivity contribution in [1.82, 2.24) is 9.97 Å². The SMILES string of the molecule is CC1CCC1[C@](C)(N)COc1ccc(-c2ccnc(C(F)F)c2)nc1C(F)F. The third-order valence-electron chi connectivity index (χ3n) is 5.40. The highest BCUT2D eigenvalue weighted by atomic mass is 19.3. The van der Waals surface area contributed by atoms with Crippen LogP contribution in [-0.2, 0) is 0 Å². The van der Waals surface area contributed by atoms with Crippen molar-refractivity contribution in [3.05, 3.63) is 41.9 Å². The molecular weight excluding hydrogens is 374 g/mol. The lowest BCUT2D eigenvalue weighted by Crippen LogP contribution is -2.54. The van der Waals surface area contributed by atoms with Gasteiger partial charge in [0.15, 0.2) is 0 Å². The number of rotatable bonds is 7. The Morgan fingerprint density at radius 1 is 1.18 bits per heavy atom. The zero-order valence-electron chi connectivity index (χ0n) is 15.7.